The van der Waals surface area contributed by atoms with Crippen molar-refractivity contribution in [2.24, 2.45) is 5.41 Å². The number of hydrogen-bond donors (Lipinski definition) is 0. The average Bonchev–Trinajstić information content (AvgIpc) is 3.33. The van der Waals surface area contributed by atoms with E-state index in [2.05, 4.69) is 6.07 Å². The fourth-order valence-electron chi connectivity index (χ4n) is 4.62. The van der Waals surface area contributed by atoms with Crippen LogP contribution in [0.5, 0.6) is 17.2 Å². The normalized spacial score (nSPS) is 15.2. The van der Waals surface area contributed by atoms with Crippen LogP contribution in [0.3, 0.4) is 0 Å². The van der Waals surface area contributed by atoms with Crippen LogP contribution in [0.4, 0.5) is 0 Å². The Morgan fingerprint density at radius 1 is 1.11 bits per heavy atom. The van der Waals surface area contributed by atoms with Crippen molar-refractivity contribution in [1.82, 2.24) is 4.98 Å². The number of nitrogens with zero attached hydrogens (tertiary/aromatic N) is 2. The van der Waals surface area contributed by atoms with E-state index in [0.717, 1.165) is 5.56 Å². The van der Waals surface area contributed by atoms with E-state index >= 15 is 0 Å². The van der Waals surface area contributed by atoms with Crippen LogP contribution in [0.1, 0.15) is 52.2 Å². The molecule has 36 heavy (non-hydrogen) atoms. The smallest absolute Gasteiger partial charge is 0.231 e. The molecule has 1 aromatic heterocycles. The number of thioether (sulfide) groups is 1. The Morgan fingerprint density at radius 2 is 1.86 bits per heavy atom. The lowest BCUT2D eigenvalue weighted by Crippen LogP contribution is -2.29. The first-order valence-electron chi connectivity index (χ1n) is 11.5. The van der Waals surface area contributed by atoms with Gasteiger partial charge in [-0.2, -0.15) is 5.26 Å². The molecule has 0 amide bonds. The summed E-state index contributed by atoms with van der Waals surface area (Å²) in [6.45, 7) is 4.21. The maximum atomic E-state index is 13.3. The molecule has 0 saturated carbocycles. The standard InChI is InChI=1S/C28H24N2O5S/c1-28(2)11-20-26(21(31)12-28)25(16-4-7-18(33-3)8-5-16)19(13-29)27(30-20)36-14-22(32)17-6-9-23-24(10-17)35-15-34-23/h4-10H,11-12,14-15H2,1-3H3. The predicted molar refractivity (Wildman–Crippen MR) is 135 cm³/mol. The van der Waals surface area contributed by atoms with E-state index < -0.39 is 0 Å². The number of ketones is 2. The summed E-state index contributed by atoms with van der Waals surface area (Å²) in [4.78, 5) is 31.0. The molecule has 0 N–H and O–H groups in total. The molecule has 2 aliphatic rings. The third kappa shape index (κ3) is 4.42. The molecular weight excluding hydrogens is 476 g/mol. The highest BCUT2D eigenvalue weighted by Crippen LogP contribution is 2.42. The summed E-state index contributed by atoms with van der Waals surface area (Å²) in [5, 5.41) is 10.6. The van der Waals surface area contributed by atoms with E-state index in [-0.39, 0.29) is 29.5 Å². The van der Waals surface area contributed by atoms with E-state index in [0.29, 0.717) is 63.1 Å². The number of ether oxygens (including phenoxy) is 3. The summed E-state index contributed by atoms with van der Waals surface area (Å²) in [6.07, 6.45) is 0.984. The molecule has 0 bridgehead atoms. The third-order valence-corrected chi connectivity index (χ3v) is 7.30. The Bertz CT molecular complexity index is 1420. The minimum atomic E-state index is -0.243. The summed E-state index contributed by atoms with van der Waals surface area (Å²) in [5.74, 6) is 1.76. The number of fused-ring (bicyclic) bond motifs is 2. The van der Waals surface area contributed by atoms with Crippen molar-refractivity contribution >= 4 is 23.3 Å². The van der Waals surface area contributed by atoms with Crippen LogP contribution >= 0.6 is 11.8 Å². The number of pyridine rings is 1. The van der Waals surface area contributed by atoms with Crippen molar-refractivity contribution in [3.63, 3.8) is 0 Å². The molecule has 3 aromatic rings. The lowest BCUT2D eigenvalue weighted by atomic mass is 9.73. The number of methoxy groups -OCH3 is 1. The molecule has 0 fully saturated rings. The summed E-state index contributed by atoms with van der Waals surface area (Å²) in [5.41, 5.74) is 3.03. The summed E-state index contributed by atoms with van der Waals surface area (Å²) < 4.78 is 16.0. The fourth-order valence-corrected chi connectivity index (χ4v) is 5.52. The zero-order valence-corrected chi connectivity index (χ0v) is 21.0. The third-order valence-electron chi connectivity index (χ3n) is 6.33. The van der Waals surface area contributed by atoms with Crippen LogP contribution in [0, 0.1) is 16.7 Å². The Morgan fingerprint density at radius 3 is 2.58 bits per heavy atom. The first kappa shape index (κ1) is 23.9. The molecule has 0 saturated heterocycles. The van der Waals surface area contributed by atoms with E-state index in [4.69, 9.17) is 19.2 Å². The van der Waals surface area contributed by atoms with Gasteiger partial charge in [0.1, 0.15) is 16.8 Å². The quantitative estimate of drug-likeness (QED) is 0.324. The van der Waals surface area contributed by atoms with E-state index in [1.807, 2.05) is 26.0 Å². The first-order chi connectivity index (χ1) is 17.3. The number of rotatable bonds is 6. The van der Waals surface area contributed by atoms with Gasteiger partial charge in [0.25, 0.3) is 0 Å². The van der Waals surface area contributed by atoms with E-state index in [1.165, 1.54) is 11.8 Å². The van der Waals surface area contributed by atoms with Gasteiger partial charge >= 0.3 is 0 Å². The Balaban J connectivity index is 1.55. The van der Waals surface area contributed by atoms with Crippen molar-refractivity contribution in [2.75, 3.05) is 19.7 Å². The molecule has 0 spiro atoms. The minimum Gasteiger partial charge on any atom is -0.497 e. The molecule has 0 radical (unpaired) electrons. The second-order valence-electron chi connectivity index (χ2n) is 9.55. The van der Waals surface area contributed by atoms with Gasteiger partial charge in [-0.3, -0.25) is 9.59 Å². The number of Topliss-reactive ketones (excluding diaryl/α,β-unsaturated/α-hetero) is 2. The maximum absolute atomic E-state index is 13.3. The average molecular weight is 501 g/mol. The molecule has 1 aliphatic carbocycles. The van der Waals surface area contributed by atoms with Crippen LogP contribution in [-0.4, -0.2) is 36.2 Å². The topological polar surface area (TPSA) is 98.5 Å². The lowest BCUT2D eigenvalue weighted by molar-refractivity contribution is 0.0909. The van der Waals surface area contributed by atoms with Gasteiger partial charge < -0.3 is 14.2 Å². The van der Waals surface area contributed by atoms with Gasteiger partial charge in [-0.25, -0.2) is 4.98 Å². The zero-order chi connectivity index (χ0) is 25.4. The molecule has 5 rings (SSSR count). The van der Waals surface area contributed by atoms with Crippen molar-refractivity contribution < 1.29 is 23.8 Å². The number of benzene rings is 2. The number of aromatic nitrogens is 1. The van der Waals surface area contributed by atoms with E-state index in [1.54, 1.807) is 37.4 Å². The highest BCUT2D eigenvalue weighted by molar-refractivity contribution is 8.00. The maximum Gasteiger partial charge on any atom is 0.231 e. The number of carbonyl (C=O) groups excluding carboxylic acids is 2. The largest absolute Gasteiger partial charge is 0.497 e. The van der Waals surface area contributed by atoms with Gasteiger partial charge in [0.15, 0.2) is 23.1 Å². The van der Waals surface area contributed by atoms with Gasteiger partial charge in [-0.15, -0.1) is 0 Å². The minimum absolute atomic E-state index is 0.0240. The molecule has 7 nitrogen and oxygen atoms in total. The van der Waals surface area contributed by atoms with Gasteiger partial charge in [0, 0.05) is 23.1 Å². The number of carbonyl (C=O) groups is 2. The molecule has 0 unspecified atom stereocenters. The number of hydrogen-bond acceptors (Lipinski definition) is 8. The lowest BCUT2D eigenvalue weighted by Gasteiger charge is -2.31. The highest BCUT2D eigenvalue weighted by Gasteiger charge is 2.36. The molecule has 2 heterocycles. The second kappa shape index (κ2) is 9.32. The van der Waals surface area contributed by atoms with Crippen molar-refractivity contribution in [3.05, 3.63) is 64.8 Å². The van der Waals surface area contributed by atoms with Crippen LogP contribution in [0.2, 0.25) is 0 Å². The highest BCUT2D eigenvalue weighted by atomic mass is 32.2. The fraction of sp³-hybridized carbons (Fsp3) is 0.286. The SMILES string of the molecule is COc1ccc(-c2c(C#N)c(SCC(=O)c3ccc4c(c3)OCO4)nc3c2C(=O)CC(C)(C)C3)cc1. The summed E-state index contributed by atoms with van der Waals surface area (Å²) in [7, 11) is 1.58. The van der Waals surface area contributed by atoms with Crippen molar-refractivity contribution in [2.45, 2.75) is 31.7 Å². The molecule has 8 heteroatoms. The monoisotopic (exact) mass is 500 g/mol. The van der Waals surface area contributed by atoms with Crippen LogP contribution < -0.4 is 14.2 Å². The predicted octanol–water partition coefficient (Wildman–Crippen LogP) is 5.49. The number of nitriles is 1. The summed E-state index contributed by atoms with van der Waals surface area (Å²) in [6, 6.07) is 14.6. The van der Waals surface area contributed by atoms with Crippen LogP contribution in [0.25, 0.3) is 11.1 Å². The van der Waals surface area contributed by atoms with Crippen LogP contribution in [-0.2, 0) is 6.42 Å². The molecule has 2 aromatic carbocycles. The molecular formula is C28H24N2O5S. The van der Waals surface area contributed by atoms with Gasteiger partial charge in [0.2, 0.25) is 6.79 Å². The first-order valence-corrected chi connectivity index (χ1v) is 12.5. The van der Waals surface area contributed by atoms with Gasteiger partial charge in [0.05, 0.1) is 24.1 Å². The van der Waals surface area contributed by atoms with Crippen LogP contribution in [0.15, 0.2) is 47.5 Å². The van der Waals surface area contributed by atoms with Gasteiger partial charge in [-0.05, 0) is 47.7 Å². The summed E-state index contributed by atoms with van der Waals surface area (Å²) >= 11 is 1.21. The molecule has 0 atom stereocenters. The Labute approximate surface area is 213 Å². The Hall–Kier alpha value is -3.83. The molecule has 182 valence electrons. The van der Waals surface area contributed by atoms with Gasteiger partial charge in [-0.1, -0.05) is 37.7 Å². The second-order valence-corrected chi connectivity index (χ2v) is 10.5. The van der Waals surface area contributed by atoms with Crippen molar-refractivity contribution in [1.29, 1.82) is 5.26 Å². The Kier molecular flexibility index (Phi) is 6.19. The van der Waals surface area contributed by atoms with Crippen molar-refractivity contribution in [3.8, 4) is 34.4 Å². The molecule has 1 aliphatic heterocycles. The van der Waals surface area contributed by atoms with E-state index in [9.17, 15) is 14.9 Å². The zero-order valence-electron chi connectivity index (χ0n) is 20.2.